The molecule has 1 aliphatic rings. The van der Waals surface area contributed by atoms with Crippen molar-refractivity contribution in [3.63, 3.8) is 0 Å². The van der Waals surface area contributed by atoms with Crippen LogP contribution in [0.2, 0.25) is 0 Å². The molecule has 1 aliphatic heterocycles. The third-order valence-electron chi connectivity index (χ3n) is 5.05. The van der Waals surface area contributed by atoms with Crippen LogP contribution in [-0.2, 0) is 6.54 Å². The van der Waals surface area contributed by atoms with Gasteiger partial charge < -0.3 is 4.90 Å². The lowest BCUT2D eigenvalue weighted by Gasteiger charge is -2.36. The summed E-state index contributed by atoms with van der Waals surface area (Å²) in [6.07, 6.45) is 0. The van der Waals surface area contributed by atoms with Crippen LogP contribution in [0, 0.1) is 13.8 Å². The minimum absolute atomic E-state index is 1.03. The van der Waals surface area contributed by atoms with Gasteiger partial charge >= 0.3 is 0 Å². The summed E-state index contributed by atoms with van der Waals surface area (Å²) < 4.78 is 0. The van der Waals surface area contributed by atoms with Crippen LogP contribution in [0.25, 0.3) is 10.8 Å². The minimum atomic E-state index is 1.03. The zero-order valence-corrected chi connectivity index (χ0v) is 14.4. The summed E-state index contributed by atoms with van der Waals surface area (Å²) >= 11 is 0. The van der Waals surface area contributed by atoms with Gasteiger partial charge in [-0.1, -0.05) is 42.5 Å². The normalized spacial score (nSPS) is 16.0. The molecule has 4 nitrogen and oxygen atoms in total. The minimum Gasteiger partial charge on any atom is -0.366 e. The number of nitrogens with one attached hydrogen (secondary N) is 1. The predicted octanol–water partition coefficient (Wildman–Crippen LogP) is 3.50. The molecule has 1 saturated heterocycles. The van der Waals surface area contributed by atoms with Gasteiger partial charge in [0.25, 0.3) is 0 Å². The number of aromatic amines is 1. The van der Waals surface area contributed by atoms with E-state index in [1.54, 1.807) is 0 Å². The second kappa shape index (κ2) is 6.29. The second-order valence-electron chi connectivity index (χ2n) is 6.68. The standard InChI is InChI=1S/C20H24N4/c1-15-20(16(2)22-21-15)24-12-10-23(11-13-24)14-18-8-5-7-17-6-3-4-9-19(17)18/h3-9H,10-14H2,1-2H3,(H,21,22). The smallest absolute Gasteiger partial charge is 0.0827 e. The van der Waals surface area contributed by atoms with E-state index in [2.05, 4.69) is 76.3 Å². The van der Waals surface area contributed by atoms with E-state index in [1.165, 1.54) is 27.7 Å². The summed E-state index contributed by atoms with van der Waals surface area (Å²) in [6.45, 7) is 9.52. The maximum absolute atomic E-state index is 4.33. The van der Waals surface area contributed by atoms with Crippen molar-refractivity contribution in [3.8, 4) is 0 Å². The van der Waals surface area contributed by atoms with Crippen LogP contribution in [0.5, 0.6) is 0 Å². The molecule has 0 saturated carbocycles. The van der Waals surface area contributed by atoms with E-state index >= 15 is 0 Å². The molecule has 0 aliphatic carbocycles. The van der Waals surface area contributed by atoms with Gasteiger partial charge in [0.05, 0.1) is 17.1 Å². The van der Waals surface area contributed by atoms with Crippen molar-refractivity contribution in [2.45, 2.75) is 20.4 Å². The van der Waals surface area contributed by atoms with Crippen LogP contribution in [0.3, 0.4) is 0 Å². The number of rotatable bonds is 3. The molecule has 1 fully saturated rings. The molecule has 4 rings (SSSR count). The topological polar surface area (TPSA) is 35.2 Å². The largest absolute Gasteiger partial charge is 0.366 e. The molecule has 0 atom stereocenters. The maximum Gasteiger partial charge on any atom is 0.0827 e. The van der Waals surface area contributed by atoms with Crippen LogP contribution >= 0.6 is 0 Å². The molecule has 0 radical (unpaired) electrons. The molecule has 0 amide bonds. The van der Waals surface area contributed by atoms with Crippen LogP contribution in [0.15, 0.2) is 42.5 Å². The number of anilines is 1. The van der Waals surface area contributed by atoms with Gasteiger partial charge in [-0.15, -0.1) is 0 Å². The summed E-state index contributed by atoms with van der Waals surface area (Å²) in [5.41, 5.74) is 5.00. The Hall–Kier alpha value is -2.33. The first-order valence-corrected chi connectivity index (χ1v) is 8.68. The molecule has 1 N–H and O–H groups in total. The number of H-pyrrole nitrogens is 1. The number of hydrogen-bond donors (Lipinski definition) is 1. The zero-order chi connectivity index (χ0) is 16.5. The zero-order valence-electron chi connectivity index (χ0n) is 14.4. The molecule has 0 spiro atoms. The first-order chi connectivity index (χ1) is 11.7. The molecule has 124 valence electrons. The molecule has 2 heterocycles. The number of piperazine rings is 1. The van der Waals surface area contributed by atoms with Crippen LogP contribution in [0.4, 0.5) is 5.69 Å². The molecule has 4 heteroatoms. The lowest BCUT2D eigenvalue weighted by molar-refractivity contribution is 0.250. The Bertz CT molecular complexity index is 819. The van der Waals surface area contributed by atoms with Crippen LogP contribution < -0.4 is 4.90 Å². The molecular weight excluding hydrogens is 296 g/mol. The SMILES string of the molecule is Cc1n[nH]c(C)c1N1CCN(Cc2cccc3ccccc23)CC1. The predicted molar refractivity (Wildman–Crippen MR) is 99.5 cm³/mol. The summed E-state index contributed by atoms with van der Waals surface area (Å²) in [5.74, 6) is 0. The fraction of sp³-hybridized carbons (Fsp3) is 0.350. The summed E-state index contributed by atoms with van der Waals surface area (Å²) in [5, 5.41) is 10.1. The van der Waals surface area contributed by atoms with E-state index in [-0.39, 0.29) is 0 Å². The monoisotopic (exact) mass is 320 g/mol. The van der Waals surface area contributed by atoms with Gasteiger partial charge in [-0.3, -0.25) is 10.00 Å². The fourth-order valence-electron chi connectivity index (χ4n) is 3.81. The van der Waals surface area contributed by atoms with E-state index in [0.717, 1.165) is 38.4 Å². The van der Waals surface area contributed by atoms with E-state index in [4.69, 9.17) is 0 Å². The Balaban J connectivity index is 1.47. The highest BCUT2D eigenvalue weighted by molar-refractivity contribution is 5.85. The van der Waals surface area contributed by atoms with E-state index in [9.17, 15) is 0 Å². The molecule has 3 aromatic rings. The van der Waals surface area contributed by atoms with Crippen molar-refractivity contribution < 1.29 is 0 Å². The third kappa shape index (κ3) is 2.78. The molecular formula is C20H24N4. The van der Waals surface area contributed by atoms with Crippen LogP contribution in [0.1, 0.15) is 17.0 Å². The Morgan fingerprint density at radius 2 is 1.71 bits per heavy atom. The average Bonchev–Trinajstić information content (AvgIpc) is 2.95. The highest BCUT2D eigenvalue weighted by atomic mass is 15.3. The highest BCUT2D eigenvalue weighted by Crippen LogP contribution is 2.25. The lowest BCUT2D eigenvalue weighted by Crippen LogP contribution is -2.46. The summed E-state index contributed by atoms with van der Waals surface area (Å²) in [6, 6.07) is 15.3. The molecule has 0 unspecified atom stereocenters. The van der Waals surface area contributed by atoms with Crippen molar-refractivity contribution in [3.05, 3.63) is 59.4 Å². The van der Waals surface area contributed by atoms with Gasteiger partial charge in [0.15, 0.2) is 0 Å². The fourth-order valence-corrected chi connectivity index (χ4v) is 3.81. The Morgan fingerprint density at radius 1 is 0.958 bits per heavy atom. The highest BCUT2D eigenvalue weighted by Gasteiger charge is 2.21. The van der Waals surface area contributed by atoms with Crippen molar-refractivity contribution in [1.82, 2.24) is 15.1 Å². The number of nitrogens with zero attached hydrogens (tertiary/aromatic N) is 3. The average molecular weight is 320 g/mol. The van der Waals surface area contributed by atoms with Gasteiger partial charge in [-0.25, -0.2) is 0 Å². The van der Waals surface area contributed by atoms with Crippen molar-refractivity contribution in [2.75, 3.05) is 31.1 Å². The number of aryl methyl sites for hydroxylation is 2. The van der Waals surface area contributed by atoms with Gasteiger partial charge in [-0.05, 0) is 30.2 Å². The van der Waals surface area contributed by atoms with Crippen molar-refractivity contribution >= 4 is 16.5 Å². The van der Waals surface area contributed by atoms with E-state index < -0.39 is 0 Å². The summed E-state index contributed by atoms with van der Waals surface area (Å²) in [7, 11) is 0. The Morgan fingerprint density at radius 3 is 2.46 bits per heavy atom. The van der Waals surface area contributed by atoms with E-state index in [0.29, 0.717) is 0 Å². The van der Waals surface area contributed by atoms with Crippen LogP contribution in [-0.4, -0.2) is 41.3 Å². The summed E-state index contributed by atoms with van der Waals surface area (Å²) in [4.78, 5) is 5.02. The van der Waals surface area contributed by atoms with Crippen molar-refractivity contribution in [2.24, 2.45) is 0 Å². The number of aromatic nitrogens is 2. The lowest BCUT2D eigenvalue weighted by atomic mass is 10.0. The van der Waals surface area contributed by atoms with Gasteiger partial charge in [0.1, 0.15) is 0 Å². The van der Waals surface area contributed by atoms with Gasteiger partial charge in [0.2, 0.25) is 0 Å². The van der Waals surface area contributed by atoms with E-state index in [1.807, 2.05) is 0 Å². The Labute approximate surface area is 143 Å². The molecule has 0 bridgehead atoms. The second-order valence-corrected chi connectivity index (χ2v) is 6.68. The quantitative estimate of drug-likeness (QED) is 0.802. The molecule has 2 aromatic carbocycles. The third-order valence-corrected chi connectivity index (χ3v) is 5.05. The maximum atomic E-state index is 4.33. The number of hydrogen-bond acceptors (Lipinski definition) is 3. The van der Waals surface area contributed by atoms with Crippen molar-refractivity contribution in [1.29, 1.82) is 0 Å². The number of fused-ring (bicyclic) bond motifs is 1. The Kier molecular flexibility index (Phi) is 3.98. The first kappa shape index (κ1) is 15.2. The number of benzene rings is 2. The van der Waals surface area contributed by atoms with Gasteiger partial charge in [-0.2, -0.15) is 5.10 Å². The molecule has 24 heavy (non-hydrogen) atoms. The van der Waals surface area contributed by atoms with Gasteiger partial charge in [0, 0.05) is 32.7 Å². The molecule has 1 aromatic heterocycles. The first-order valence-electron chi connectivity index (χ1n) is 8.68.